The van der Waals surface area contributed by atoms with Crippen LogP contribution in [-0.4, -0.2) is 63.2 Å². The largest absolute Gasteiger partial charge is 0.490 e. The molecule has 2 aromatic carbocycles. The summed E-state index contributed by atoms with van der Waals surface area (Å²) in [5.74, 6) is 0.121. The van der Waals surface area contributed by atoms with Gasteiger partial charge in [0.25, 0.3) is 11.8 Å². The van der Waals surface area contributed by atoms with Gasteiger partial charge < -0.3 is 19.7 Å². The molecule has 0 spiro atoms. The van der Waals surface area contributed by atoms with Crippen LogP contribution < -0.4 is 14.8 Å². The van der Waals surface area contributed by atoms with Crippen molar-refractivity contribution < 1.29 is 23.5 Å². The number of benzene rings is 2. The van der Waals surface area contributed by atoms with E-state index >= 15 is 0 Å². The Labute approximate surface area is 202 Å². The highest BCUT2D eigenvalue weighted by molar-refractivity contribution is 6.04. The van der Waals surface area contributed by atoms with Crippen molar-refractivity contribution in [2.24, 2.45) is 0 Å². The van der Waals surface area contributed by atoms with Gasteiger partial charge in [0, 0.05) is 24.3 Å². The highest BCUT2D eigenvalue weighted by atomic mass is 19.1. The summed E-state index contributed by atoms with van der Waals surface area (Å²) >= 11 is 0. The number of piperidine rings is 1. The summed E-state index contributed by atoms with van der Waals surface area (Å²) < 4.78 is 26.9. The lowest BCUT2D eigenvalue weighted by Gasteiger charge is -2.26. The molecule has 1 saturated heterocycles. The molecular formula is C24H27FN6O4. The Morgan fingerprint density at radius 1 is 1.06 bits per heavy atom. The van der Waals surface area contributed by atoms with E-state index in [2.05, 4.69) is 20.8 Å². The number of nitrogens with one attached hydrogen (secondary N) is 1. The number of likely N-dealkylation sites (tertiary alicyclic amines) is 1. The van der Waals surface area contributed by atoms with E-state index in [-0.39, 0.29) is 18.2 Å². The SMILES string of the molecule is CCOc1cc(C(=O)Nc2ccc(F)c(-n3nnnc3C)c2)ccc1OCC(=O)N1CCCCC1. The smallest absolute Gasteiger partial charge is 0.260 e. The summed E-state index contributed by atoms with van der Waals surface area (Å²) in [7, 11) is 0. The van der Waals surface area contributed by atoms with Crippen LogP contribution in [0.15, 0.2) is 36.4 Å². The molecule has 10 nitrogen and oxygen atoms in total. The normalized spacial score (nSPS) is 13.4. The van der Waals surface area contributed by atoms with E-state index in [4.69, 9.17) is 9.47 Å². The first-order valence-electron chi connectivity index (χ1n) is 11.5. The molecule has 1 aliphatic heterocycles. The highest BCUT2D eigenvalue weighted by Crippen LogP contribution is 2.29. The van der Waals surface area contributed by atoms with Crippen LogP contribution in [0.5, 0.6) is 11.5 Å². The molecule has 2 heterocycles. The summed E-state index contributed by atoms with van der Waals surface area (Å²) in [5, 5.41) is 13.8. The van der Waals surface area contributed by atoms with Crippen molar-refractivity contribution >= 4 is 17.5 Å². The van der Waals surface area contributed by atoms with E-state index in [9.17, 15) is 14.0 Å². The zero-order chi connectivity index (χ0) is 24.8. The van der Waals surface area contributed by atoms with Crippen molar-refractivity contribution in [3.05, 3.63) is 53.6 Å². The van der Waals surface area contributed by atoms with Crippen molar-refractivity contribution in [1.82, 2.24) is 25.1 Å². The van der Waals surface area contributed by atoms with Crippen molar-refractivity contribution in [3.8, 4) is 17.2 Å². The second kappa shape index (κ2) is 10.9. The number of hydrogen-bond donors (Lipinski definition) is 1. The molecular weight excluding hydrogens is 455 g/mol. The number of halogens is 1. The lowest BCUT2D eigenvalue weighted by atomic mass is 10.1. The predicted molar refractivity (Wildman–Crippen MR) is 125 cm³/mol. The molecule has 3 aromatic rings. The van der Waals surface area contributed by atoms with Gasteiger partial charge >= 0.3 is 0 Å². The van der Waals surface area contributed by atoms with Crippen LogP contribution in [0, 0.1) is 12.7 Å². The number of hydrogen-bond acceptors (Lipinski definition) is 7. The second-order valence-electron chi connectivity index (χ2n) is 8.08. The van der Waals surface area contributed by atoms with Crippen LogP contribution in [0.2, 0.25) is 0 Å². The Morgan fingerprint density at radius 3 is 2.57 bits per heavy atom. The summed E-state index contributed by atoms with van der Waals surface area (Å²) in [6.45, 7) is 5.21. The van der Waals surface area contributed by atoms with Gasteiger partial charge in [-0.2, -0.15) is 4.68 Å². The quantitative estimate of drug-likeness (QED) is 0.525. The maximum absolute atomic E-state index is 14.3. The zero-order valence-corrected chi connectivity index (χ0v) is 19.7. The average Bonchev–Trinajstić information content (AvgIpc) is 3.30. The third kappa shape index (κ3) is 5.73. The van der Waals surface area contributed by atoms with Crippen LogP contribution in [0.4, 0.5) is 10.1 Å². The first-order valence-corrected chi connectivity index (χ1v) is 11.5. The van der Waals surface area contributed by atoms with E-state index in [0.29, 0.717) is 35.2 Å². The third-order valence-corrected chi connectivity index (χ3v) is 5.62. The molecule has 0 radical (unpaired) electrons. The van der Waals surface area contributed by atoms with Crippen LogP contribution in [0.1, 0.15) is 42.4 Å². The molecule has 0 saturated carbocycles. The number of nitrogens with zero attached hydrogens (tertiary/aromatic N) is 5. The number of amides is 2. The summed E-state index contributed by atoms with van der Waals surface area (Å²) in [6, 6.07) is 8.86. The number of ether oxygens (including phenoxy) is 2. The molecule has 0 unspecified atom stereocenters. The minimum atomic E-state index is -0.530. The Balaban J connectivity index is 1.47. The number of carbonyl (C=O) groups excluding carboxylic acids is 2. The summed E-state index contributed by atoms with van der Waals surface area (Å²) in [6.07, 6.45) is 3.15. The highest BCUT2D eigenvalue weighted by Gasteiger charge is 2.19. The molecule has 11 heteroatoms. The minimum absolute atomic E-state index is 0.0705. The molecule has 2 amide bonds. The maximum Gasteiger partial charge on any atom is 0.260 e. The molecule has 1 fully saturated rings. The Kier molecular flexibility index (Phi) is 7.54. The molecule has 0 bridgehead atoms. The predicted octanol–water partition coefficient (Wildman–Crippen LogP) is 3.15. The van der Waals surface area contributed by atoms with E-state index in [1.54, 1.807) is 30.0 Å². The minimum Gasteiger partial charge on any atom is -0.490 e. The molecule has 4 rings (SSSR count). The Bertz CT molecular complexity index is 1210. The fourth-order valence-corrected chi connectivity index (χ4v) is 3.82. The molecule has 1 N–H and O–H groups in total. The topological polar surface area (TPSA) is 111 Å². The molecule has 0 atom stereocenters. The lowest BCUT2D eigenvalue weighted by molar-refractivity contribution is -0.134. The van der Waals surface area contributed by atoms with Gasteiger partial charge in [0.1, 0.15) is 11.5 Å². The van der Waals surface area contributed by atoms with Crippen molar-refractivity contribution in [2.75, 3.05) is 31.6 Å². The maximum atomic E-state index is 14.3. The number of aromatic nitrogens is 4. The molecule has 35 heavy (non-hydrogen) atoms. The zero-order valence-electron chi connectivity index (χ0n) is 19.7. The van der Waals surface area contributed by atoms with Crippen LogP contribution in [-0.2, 0) is 4.79 Å². The van der Waals surface area contributed by atoms with Crippen LogP contribution in [0.25, 0.3) is 5.69 Å². The number of rotatable bonds is 8. The first kappa shape index (κ1) is 24.1. The van der Waals surface area contributed by atoms with Gasteiger partial charge in [-0.05, 0) is 79.9 Å². The van der Waals surface area contributed by atoms with Gasteiger partial charge in [-0.25, -0.2) is 4.39 Å². The second-order valence-corrected chi connectivity index (χ2v) is 8.08. The number of anilines is 1. The van der Waals surface area contributed by atoms with E-state index in [1.807, 2.05) is 6.92 Å². The number of aryl methyl sites for hydroxylation is 1. The van der Waals surface area contributed by atoms with Gasteiger partial charge in [-0.1, -0.05) is 0 Å². The van der Waals surface area contributed by atoms with Crippen molar-refractivity contribution in [2.45, 2.75) is 33.1 Å². The van der Waals surface area contributed by atoms with Crippen LogP contribution >= 0.6 is 0 Å². The third-order valence-electron chi connectivity index (χ3n) is 5.62. The Hall–Kier alpha value is -4.02. The van der Waals surface area contributed by atoms with E-state index < -0.39 is 11.7 Å². The fraction of sp³-hybridized carbons (Fsp3) is 0.375. The average molecular weight is 483 g/mol. The molecule has 1 aromatic heterocycles. The van der Waals surface area contributed by atoms with Crippen LogP contribution in [0.3, 0.4) is 0 Å². The van der Waals surface area contributed by atoms with Gasteiger partial charge in [-0.3, -0.25) is 9.59 Å². The lowest BCUT2D eigenvalue weighted by Crippen LogP contribution is -2.38. The Morgan fingerprint density at radius 2 is 1.86 bits per heavy atom. The van der Waals surface area contributed by atoms with Gasteiger partial charge in [-0.15, -0.1) is 5.10 Å². The summed E-state index contributed by atoms with van der Waals surface area (Å²) in [5.41, 5.74) is 0.793. The van der Waals surface area contributed by atoms with Gasteiger partial charge in [0.2, 0.25) is 0 Å². The molecule has 1 aliphatic rings. The fourth-order valence-electron chi connectivity index (χ4n) is 3.82. The summed E-state index contributed by atoms with van der Waals surface area (Å²) in [4.78, 5) is 27.1. The molecule has 0 aliphatic carbocycles. The van der Waals surface area contributed by atoms with E-state index in [1.165, 1.54) is 22.9 Å². The van der Waals surface area contributed by atoms with Gasteiger partial charge in [0.05, 0.1) is 6.61 Å². The van der Waals surface area contributed by atoms with E-state index in [0.717, 1.165) is 32.4 Å². The number of carbonyl (C=O) groups is 2. The van der Waals surface area contributed by atoms with Gasteiger partial charge in [0.15, 0.2) is 23.9 Å². The number of tetrazole rings is 1. The standard InChI is InChI=1S/C24H27FN6O4/c1-3-34-22-13-17(7-10-21(22)35-15-23(32)30-11-5-4-6-12-30)24(33)26-18-8-9-19(25)20(14-18)31-16(2)27-28-29-31/h7-10,13-14H,3-6,11-12,15H2,1-2H3,(H,26,33). The monoisotopic (exact) mass is 482 g/mol. The van der Waals surface area contributed by atoms with Crippen molar-refractivity contribution in [1.29, 1.82) is 0 Å². The van der Waals surface area contributed by atoms with Crippen molar-refractivity contribution in [3.63, 3.8) is 0 Å². The first-order chi connectivity index (χ1) is 17.0. The molecule has 184 valence electrons.